The van der Waals surface area contributed by atoms with Crippen LogP contribution in [0.2, 0.25) is 0 Å². The topological polar surface area (TPSA) is 35.5 Å². The van der Waals surface area contributed by atoms with Gasteiger partial charge in [-0.05, 0) is 63.0 Å². The van der Waals surface area contributed by atoms with E-state index in [1.54, 1.807) is 0 Å². The molecule has 0 amide bonds. The minimum absolute atomic E-state index is 0.303. The number of β-amino-alcohol motifs (C(OH)–C–C–N with tert-alkyl or cyclic N) is 1. The highest BCUT2D eigenvalue weighted by Crippen LogP contribution is 2.24. The van der Waals surface area contributed by atoms with Crippen LogP contribution >= 0.6 is 15.9 Å². The fraction of sp³-hybridized carbons (Fsp3) is 0.600. The minimum Gasteiger partial charge on any atom is -0.390 e. The van der Waals surface area contributed by atoms with E-state index in [9.17, 15) is 5.11 Å². The minimum atomic E-state index is -0.303. The van der Waals surface area contributed by atoms with Gasteiger partial charge in [-0.2, -0.15) is 0 Å². The Hall–Kier alpha value is -0.580. The molecule has 0 radical (unpaired) electrons. The van der Waals surface area contributed by atoms with Crippen LogP contribution in [0.25, 0.3) is 0 Å². The first-order chi connectivity index (χ1) is 9.06. The molecule has 0 aliphatic carbocycles. The molecule has 1 heterocycles. The zero-order valence-electron chi connectivity index (χ0n) is 11.7. The van der Waals surface area contributed by atoms with Gasteiger partial charge in [0.2, 0.25) is 0 Å². The summed E-state index contributed by atoms with van der Waals surface area (Å²) >= 11 is 3.57. The summed E-state index contributed by atoms with van der Waals surface area (Å²) in [4.78, 5) is 2.34. The van der Waals surface area contributed by atoms with Crippen molar-refractivity contribution in [3.05, 3.63) is 27.7 Å². The fourth-order valence-corrected chi connectivity index (χ4v) is 2.84. The highest BCUT2D eigenvalue weighted by Gasteiger charge is 2.15. The van der Waals surface area contributed by atoms with Gasteiger partial charge < -0.3 is 15.3 Å². The van der Waals surface area contributed by atoms with Gasteiger partial charge in [0.1, 0.15) is 0 Å². The van der Waals surface area contributed by atoms with Gasteiger partial charge in [-0.1, -0.05) is 15.9 Å². The summed E-state index contributed by atoms with van der Waals surface area (Å²) in [5.74, 6) is 0. The third kappa shape index (κ3) is 4.20. The maximum atomic E-state index is 10.1. The number of aliphatic hydroxyl groups excluding tert-OH is 1. The van der Waals surface area contributed by atoms with Gasteiger partial charge in [-0.25, -0.2) is 0 Å². The van der Waals surface area contributed by atoms with E-state index in [1.165, 1.54) is 24.0 Å². The Kier molecular flexibility index (Phi) is 5.25. The molecule has 3 nitrogen and oxygen atoms in total. The van der Waals surface area contributed by atoms with Crippen LogP contribution in [0.3, 0.4) is 0 Å². The van der Waals surface area contributed by atoms with E-state index < -0.39 is 0 Å². The van der Waals surface area contributed by atoms with Gasteiger partial charge in [0.05, 0.1) is 6.10 Å². The number of hydrogen-bond acceptors (Lipinski definition) is 3. The molecule has 1 fully saturated rings. The first-order valence-corrected chi connectivity index (χ1v) is 7.76. The van der Waals surface area contributed by atoms with Crippen molar-refractivity contribution in [1.82, 2.24) is 4.90 Å². The number of rotatable bonds is 5. The van der Waals surface area contributed by atoms with Gasteiger partial charge in [-0.3, -0.25) is 0 Å². The summed E-state index contributed by atoms with van der Waals surface area (Å²) in [6, 6.07) is 4.22. The summed E-state index contributed by atoms with van der Waals surface area (Å²) in [6.07, 6.45) is 2.23. The number of aryl methyl sites for hydroxylation is 2. The standard InChI is InChI=1S/C15H23BrN2O/c1-11-7-13(8-12(2)15(11)16)17-9-14(19)10-18-5-3-4-6-18/h7-8,14,17,19H,3-6,9-10H2,1-2H3. The second kappa shape index (κ2) is 6.73. The molecule has 1 saturated heterocycles. The summed E-state index contributed by atoms with van der Waals surface area (Å²) in [7, 11) is 0. The molecule has 4 heteroatoms. The molecule has 2 rings (SSSR count). The second-order valence-corrected chi connectivity index (χ2v) is 6.26. The number of anilines is 1. The SMILES string of the molecule is Cc1cc(NCC(O)CN2CCCC2)cc(C)c1Br. The van der Waals surface area contributed by atoms with E-state index in [-0.39, 0.29) is 6.10 Å². The molecule has 1 aliphatic rings. The number of benzene rings is 1. The van der Waals surface area contributed by atoms with Crippen molar-refractivity contribution >= 4 is 21.6 Å². The maximum absolute atomic E-state index is 10.1. The van der Waals surface area contributed by atoms with Crippen LogP contribution in [-0.2, 0) is 0 Å². The summed E-state index contributed by atoms with van der Waals surface area (Å²) in [6.45, 7) is 7.82. The molecule has 1 aliphatic heterocycles. The maximum Gasteiger partial charge on any atom is 0.0839 e. The van der Waals surface area contributed by atoms with Crippen molar-refractivity contribution in [2.45, 2.75) is 32.8 Å². The van der Waals surface area contributed by atoms with E-state index >= 15 is 0 Å². The van der Waals surface area contributed by atoms with Crippen LogP contribution in [0.1, 0.15) is 24.0 Å². The average Bonchev–Trinajstić information content (AvgIpc) is 2.86. The molecule has 106 valence electrons. The Morgan fingerprint density at radius 1 is 1.26 bits per heavy atom. The molecule has 1 atom stereocenters. The van der Waals surface area contributed by atoms with Gasteiger partial charge in [0, 0.05) is 23.2 Å². The highest BCUT2D eigenvalue weighted by molar-refractivity contribution is 9.10. The third-order valence-electron chi connectivity index (χ3n) is 3.65. The number of nitrogens with zero attached hydrogens (tertiary/aromatic N) is 1. The van der Waals surface area contributed by atoms with Gasteiger partial charge in [0.25, 0.3) is 0 Å². The molecular formula is C15H23BrN2O. The normalized spacial score (nSPS) is 17.7. The zero-order chi connectivity index (χ0) is 13.8. The molecular weight excluding hydrogens is 304 g/mol. The van der Waals surface area contributed by atoms with Crippen molar-refractivity contribution in [3.8, 4) is 0 Å². The van der Waals surface area contributed by atoms with E-state index in [2.05, 4.69) is 52.1 Å². The number of nitrogens with one attached hydrogen (secondary N) is 1. The van der Waals surface area contributed by atoms with Crippen molar-refractivity contribution in [2.24, 2.45) is 0 Å². The van der Waals surface area contributed by atoms with Gasteiger partial charge in [0.15, 0.2) is 0 Å². The summed E-state index contributed by atoms with van der Waals surface area (Å²) < 4.78 is 1.16. The van der Waals surface area contributed by atoms with Gasteiger partial charge in [-0.15, -0.1) is 0 Å². The van der Waals surface area contributed by atoms with Crippen LogP contribution in [0.5, 0.6) is 0 Å². The quantitative estimate of drug-likeness (QED) is 0.873. The number of halogens is 1. The van der Waals surface area contributed by atoms with Crippen molar-refractivity contribution in [1.29, 1.82) is 0 Å². The van der Waals surface area contributed by atoms with E-state index in [0.717, 1.165) is 29.8 Å². The van der Waals surface area contributed by atoms with Crippen molar-refractivity contribution in [2.75, 3.05) is 31.5 Å². The molecule has 0 spiro atoms. The Labute approximate surface area is 124 Å². The molecule has 0 aromatic heterocycles. The van der Waals surface area contributed by atoms with Crippen LogP contribution in [0.4, 0.5) is 5.69 Å². The lowest BCUT2D eigenvalue weighted by Gasteiger charge is -2.20. The van der Waals surface area contributed by atoms with Crippen molar-refractivity contribution < 1.29 is 5.11 Å². The Morgan fingerprint density at radius 2 is 1.84 bits per heavy atom. The molecule has 1 aromatic carbocycles. The first-order valence-electron chi connectivity index (χ1n) is 6.97. The predicted molar refractivity (Wildman–Crippen MR) is 83.8 cm³/mol. The summed E-state index contributed by atoms with van der Waals surface area (Å²) in [5, 5.41) is 13.4. The molecule has 19 heavy (non-hydrogen) atoms. The molecule has 1 unspecified atom stereocenters. The monoisotopic (exact) mass is 326 g/mol. The number of hydrogen-bond donors (Lipinski definition) is 2. The number of aliphatic hydroxyl groups is 1. The van der Waals surface area contributed by atoms with E-state index in [4.69, 9.17) is 0 Å². The number of likely N-dealkylation sites (tertiary alicyclic amines) is 1. The molecule has 0 saturated carbocycles. The van der Waals surface area contributed by atoms with E-state index in [0.29, 0.717) is 6.54 Å². The first kappa shape index (κ1) is 14.8. The largest absolute Gasteiger partial charge is 0.390 e. The summed E-state index contributed by atoms with van der Waals surface area (Å²) in [5.41, 5.74) is 3.52. The molecule has 2 N–H and O–H groups in total. The van der Waals surface area contributed by atoms with Gasteiger partial charge >= 0.3 is 0 Å². The van der Waals surface area contributed by atoms with Crippen LogP contribution in [0.15, 0.2) is 16.6 Å². The highest BCUT2D eigenvalue weighted by atomic mass is 79.9. The Balaban J connectivity index is 1.84. The Morgan fingerprint density at radius 3 is 2.42 bits per heavy atom. The third-order valence-corrected chi connectivity index (χ3v) is 4.90. The van der Waals surface area contributed by atoms with E-state index in [1.807, 2.05) is 0 Å². The van der Waals surface area contributed by atoms with Crippen LogP contribution < -0.4 is 5.32 Å². The lowest BCUT2D eigenvalue weighted by Crippen LogP contribution is -2.34. The Bertz CT molecular complexity index is 407. The molecule has 0 bridgehead atoms. The molecule has 1 aromatic rings. The predicted octanol–water partition coefficient (Wildman–Crippen LogP) is 2.93. The van der Waals surface area contributed by atoms with Crippen molar-refractivity contribution in [3.63, 3.8) is 0 Å². The lowest BCUT2D eigenvalue weighted by molar-refractivity contribution is 0.135. The van der Waals surface area contributed by atoms with Crippen LogP contribution in [-0.4, -0.2) is 42.3 Å². The van der Waals surface area contributed by atoms with Crippen LogP contribution in [0, 0.1) is 13.8 Å². The zero-order valence-corrected chi connectivity index (χ0v) is 13.3. The lowest BCUT2D eigenvalue weighted by atomic mass is 10.1. The fourth-order valence-electron chi connectivity index (χ4n) is 2.61. The smallest absolute Gasteiger partial charge is 0.0839 e. The average molecular weight is 327 g/mol. The second-order valence-electron chi connectivity index (χ2n) is 5.47.